The van der Waals surface area contributed by atoms with Crippen molar-refractivity contribution in [3.63, 3.8) is 0 Å². The number of nitrogens with zero attached hydrogens (tertiary/aromatic N) is 2. The van der Waals surface area contributed by atoms with Crippen LogP contribution < -0.4 is 16.6 Å². The van der Waals surface area contributed by atoms with Gasteiger partial charge in [-0.2, -0.15) is 0 Å². The molecule has 0 spiro atoms. The Bertz CT molecular complexity index is 1150. The van der Waals surface area contributed by atoms with Crippen molar-refractivity contribution in [2.45, 2.75) is 26.8 Å². The molecule has 0 aliphatic heterocycles. The third kappa shape index (κ3) is 3.73. The summed E-state index contributed by atoms with van der Waals surface area (Å²) in [5.41, 5.74) is -0.258. The van der Waals surface area contributed by atoms with Crippen molar-refractivity contribution in [1.82, 2.24) is 14.5 Å². The topological polar surface area (TPSA) is 73.1 Å². The molecule has 1 heterocycles. The summed E-state index contributed by atoms with van der Waals surface area (Å²) in [6.45, 7) is 6.14. The molecule has 1 amide bonds. The molecule has 1 aromatic heterocycles. The van der Waals surface area contributed by atoms with Crippen LogP contribution in [0.4, 0.5) is 0 Å². The number of benzene rings is 2. The molecule has 0 radical (unpaired) electrons. The second kappa shape index (κ2) is 8.02. The highest BCUT2D eigenvalue weighted by Gasteiger charge is 2.22. The van der Waals surface area contributed by atoms with Crippen molar-refractivity contribution in [1.29, 1.82) is 0 Å². The molecule has 7 heteroatoms. The molecule has 1 atom stereocenters. The Kier molecular flexibility index (Phi) is 5.70. The number of nitrogens with one attached hydrogen (secondary N) is 1. The second-order valence-electron chi connectivity index (χ2n) is 7.11. The first-order chi connectivity index (χ1) is 13.3. The van der Waals surface area contributed by atoms with Gasteiger partial charge in [-0.05, 0) is 43.2 Å². The SMILES string of the molecule is CC(C)CNC(=O)[C@@H](C)n1c(=O)n(-c2cccc(Cl)c2)c(=O)c2ccccc21. The molecule has 0 fully saturated rings. The summed E-state index contributed by atoms with van der Waals surface area (Å²) in [7, 11) is 0. The summed E-state index contributed by atoms with van der Waals surface area (Å²) >= 11 is 6.05. The molecule has 146 valence electrons. The number of hydrogen-bond donors (Lipinski definition) is 1. The van der Waals surface area contributed by atoms with Gasteiger partial charge in [-0.25, -0.2) is 9.36 Å². The Morgan fingerprint density at radius 1 is 1.07 bits per heavy atom. The molecular weight excluding hydrogens is 378 g/mol. The third-order valence-electron chi connectivity index (χ3n) is 4.51. The highest BCUT2D eigenvalue weighted by atomic mass is 35.5. The highest BCUT2D eigenvalue weighted by molar-refractivity contribution is 6.30. The fraction of sp³-hybridized carbons (Fsp3) is 0.286. The van der Waals surface area contributed by atoms with E-state index in [0.29, 0.717) is 28.2 Å². The Labute approximate surface area is 167 Å². The summed E-state index contributed by atoms with van der Waals surface area (Å²) in [5.74, 6) is 0.00211. The van der Waals surface area contributed by atoms with Crippen LogP contribution in [0.1, 0.15) is 26.8 Å². The van der Waals surface area contributed by atoms with E-state index in [1.807, 2.05) is 13.8 Å². The quantitative estimate of drug-likeness (QED) is 0.716. The van der Waals surface area contributed by atoms with Gasteiger partial charge >= 0.3 is 5.69 Å². The van der Waals surface area contributed by atoms with Gasteiger partial charge in [0.05, 0.1) is 16.6 Å². The molecule has 3 rings (SSSR count). The number of fused-ring (bicyclic) bond motifs is 1. The van der Waals surface area contributed by atoms with E-state index in [9.17, 15) is 14.4 Å². The molecule has 2 aromatic carbocycles. The Balaban J connectivity index is 2.26. The molecule has 0 unspecified atom stereocenters. The van der Waals surface area contributed by atoms with Gasteiger partial charge < -0.3 is 5.32 Å². The lowest BCUT2D eigenvalue weighted by Gasteiger charge is -2.20. The van der Waals surface area contributed by atoms with Crippen LogP contribution in [0.5, 0.6) is 0 Å². The Hall–Kier alpha value is -2.86. The van der Waals surface area contributed by atoms with Crippen LogP contribution >= 0.6 is 11.6 Å². The predicted octanol–water partition coefficient (Wildman–Crippen LogP) is 3.14. The molecular formula is C21H22ClN3O3. The number of carbonyl (C=O) groups is 1. The summed E-state index contributed by atoms with van der Waals surface area (Å²) in [6, 6.07) is 12.5. The van der Waals surface area contributed by atoms with Gasteiger partial charge in [-0.3, -0.25) is 14.2 Å². The Morgan fingerprint density at radius 3 is 2.46 bits per heavy atom. The smallest absolute Gasteiger partial charge is 0.336 e. The van der Waals surface area contributed by atoms with Crippen LogP contribution in [-0.4, -0.2) is 21.6 Å². The molecule has 0 bridgehead atoms. The molecule has 3 aromatic rings. The van der Waals surface area contributed by atoms with Crippen molar-refractivity contribution >= 4 is 28.4 Å². The molecule has 0 aliphatic rings. The van der Waals surface area contributed by atoms with Crippen molar-refractivity contribution in [3.8, 4) is 5.69 Å². The van der Waals surface area contributed by atoms with Crippen molar-refractivity contribution < 1.29 is 4.79 Å². The van der Waals surface area contributed by atoms with Crippen LogP contribution in [0.3, 0.4) is 0 Å². The zero-order valence-corrected chi connectivity index (χ0v) is 16.7. The fourth-order valence-electron chi connectivity index (χ4n) is 3.07. The van der Waals surface area contributed by atoms with Gasteiger partial charge in [0.1, 0.15) is 6.04 Å². The van der Waals surface area contributed by atoms with Gasteiger partial charge in [-0.1, -0.05) is 43.6 Å². The zero-order chi connectivity index (χ0) is 20.4. The zero-order valence-electron chi connectivity index (χ0n) is 16.0. The van der Waals surface area contributed by atoms with Crippen LogP contribution in [-0.2, 0) is 4.79 Å². The van der Waals surface area contributed by atoms with Gasteiger partial charge in [-0.15, -0.1) is 0 Å². The van der Waals surface area contributed by atoms with Crippen molar-refractivity contribution in [2.75, 3.05) is 6.54 Å². The molecule has 0 aliphatic carbocycles. The van der Waals surface area contributed by atoms with E-state index < -0.39 is 17.3 Å². The minimum absolute atomic E-state index is 0.280. The first-order valence-electron chi connectivity index (χ1n) is 9.11. The van der Waals surface area contributed by atoms with E-state index in [1.165, 1.54) is 4.57 Å². The summed E-state index contributed by atoms with van der Waals surface area (Å²) in [6.07, 6.45) is 0. The molecule has 0 saturated carbocycles. The predicted molar refractivity (Wildman–Crippen MR) is 111 cm³/mol. The van der Waals surface area contributed by atoms with Crippen LogP contribution in [0.15, 0.2) is 58.1 Å². The number of amides is 1. The number of carbonyl (C=O) groups excluding carboxylic acids is 1. The normalized spacial score (nSPS) is 12.3. The number of para-hydroxylation sites is 1. The molecule has 6 nitrogen and oxygen atoms in total. The molecule has 28 heavy (non-hydrogen) atoms. The summed E-state index contributed by atoms with van der Waals surface area (Å²) in [5, 5.41) is 3.61. The van der Waals surface area contributed by atoms with E-state index >= 15 is 0 Å². The number of aromatic nitrogens is 2. The van der Waals surface area contributed by atoms with Gasteiger partial charge in [0.15, 0.2) is 0 Å². The van der Waals surface area contributed by atoms with E-state index in [2.05, 4.69) is 5.32 Å². The largest absolute Gasteiger partial charge is 0.354 e. The van der Waals surface area contributed by atoms with Crippen molar-refractivity contribution in [3.05, 3.63) is 74.4 Å². The van der Waals surface area contributed by atoms with Gasteiger partial charge in [0.25, 0.3) is 5.56 Å². The maximum absolute atomic E-state index is 13.3. The summed E-state index contributed by atoms with van der Waals surface area (Å²) < 4.78 is 2.41. The monoisotopic (exact) mass is 399 g/mol. The number of rotatable bonds is 5. The average molecular weight is 400 g/mol. The lowest BCUT2D eigenvalue weighted by molar-refractivity contribution is -0.124. The fourth-order valence-corrected chi connectivity index (χ4v) is 3.25. The standard InChI is InChI=1S/C21H22ClN3O3/c1-13(2)12-23-19(26)14(3)24-18-10-5-4-9-17(18)20(27)25(21(24)28)16-8-6-7-15(22)11-16/h4-11,13-14H,12H2,1-3H3,(H,23,26)/t14-/m1/s1. The van der Waals surface area contributed by atoms with Gasteiger partial charge in [0, 0.05) is 11.6 Å². The first kappa shape index (κ1) is 19.9. The van der Waals surface area contributed by atoms with E-state index in [1.54, 1.807) is 55.5 Å². The van der Waals surface area contributed by atoms with E-state index in [4.69, 9.17) is 11.6 Å². The molecule has 1 N–H and O–H groups in total. The third-order valence-corrected chi connectivity index (χ3v) is 4.75. The van der Waals surface area contributed by atoms with E-state index in [-0.39, 0.29) is 11.8 Å². The minimum atomic E-state index is -0.790. The lowest BCUT2D eigenvalue weighted by atomic mass is 10.2. The maximum Gasteiger partial charge on any atom is 0.336 e. The van der Waals surface area contributed by atoms with Crippen LogP contribution in [0, 0.1) is 5.92 Å². The maximum atomic E-state index is 13.3. The van der Waals surface area contributed by atoms with E-state index in [0.717, 1.165) is 4.57 Å². The number of halogens is 1. The minimum Gasteiger partial charge on any atom is -0.354 e. The average Bonchev–Trinajstić information content (AvgIpc) is 2.66. The second-order valence-corrected chi connectivity index (χ2v) is 7.54. The highest BCUT2D eigenvalue weighted by Crippen LogP contribution is 2.17. The first-order valence-corrected chi connectivity index (χ1v) is 9.49. The number of hydrogen-bond acceptors (Lipinski definition) is 3. The van der Waals surface area contributed by atoms with Gasteiger partial charge in [0.2, 0.25) is 5.91 Å². The molecule has 0 saturated heterocycles. The van der Waals surface area contributed by atoms with Crippen molar-refractivity contribution in [2.24, 2.45) is 5.92 Å². The Morgan fingerprint density at radius 2 is 1.79 bits per heavy atom. The lowest BCUT2D eigenvalue weighted by Crippen LogP contribution is -2.44. The summed E-state index contributed by atoms with van der Waals surface area (Å²) in [4.78, 5) is 39.0. The van der Waals surface area contributed by atoms with Crippen LogP contribution in [0.25, 0.3) is 16.6 Å². The van der Waals surface area contributed by atoms with Crippen LogP contribution in [0.2, 0.25) is 5.02 Å².